The molecule has 0 fully saturated rings. The summed E-state index contributed by atoms with van der Waals surface area (Å²) in [5.74, 6) is 0.247. The van der Waals surface area contributed by atoms with Gasteiger partial charge in [0.25, 0.3) is 0 Å². The third-order valence-electron chi connectivity index (χ3n) is 2.75. The highest BCUT2D eigenvalue weighted by atomic mass is 16.5. The van der Waals surface area contributed by atoms with Crippen molar-refractivity contribution in [1.29, 1.82) is 0 Å². The van der Waals surface area contributed by atoms with Gasteiger partial charge in [0.1, 0.15) is 24.0 Å². The highest BCUT2D eigenvalue weighted by molar-refractivity contribution is 5.95. The Labute approximate surface area is 126 Å². The van der Waals surface area contributed by atoms with Gasteiger partial charge in [-0.25, -0.2) is 15.2 Å². The third kappa shape index (κ3) is 4.77. The smallest absolute Gasteiger partial charge is 0.427 e. The lowest BCUT2D eigenvalue weighted by Gasteiger charge is -2.20. The number of H-pyrrole nitrogens is 1. The molecule has 0 spiro atoms. The molecule has 3 atom stereocenters. The summed E-state index contributed by atoms with van der Waals surface area (Å²) in [5, 5.41) is 41.2. The van der Waals surface area contributed by atoms with Crippen molar-refractivity contribution in [2.45, 2.75) is 32.2 Å². The molecule has 1 rings (SSSR count). The number of hydrogen-bond donors (Lipinski definition) is 6. The largest absolute Gasteiger partial charge is 0.449 e. The lowest BCUT2D eigenvalue weighted by atomic mass is 10.1. The van der Waals surface area contributed by atoms with Gasteiger partial charge >= 0.3 is 6.09 Å². The van der Waals surface area contributed by atoms with Crippen molar-refractivity contribution >= 4 is 11.8 Å². The molecule has 0 bridgehead atoms. The Morgan fingerprint density at radius 2 is 2.18 bits per heavy atom. The van der Waals surface area contributed by atoms with E-state index in [1.165, 1.54) is 6.20 Å². The summed E-state index contributed by atoms with van der Waals surface area (Å²) in [5.41, 5.74) is 2.59. The van der Waals surface area contributed by atoms with Crippen LogP contribution in [0.4, 0.5) is 4.79 Å². The minimum Gasteiger partial charge on any atom is -0.449 e. The minimum absolute atomic E-state index is 0.126. The summed E-state index contributed by atoms with van der Waals surface area (Å²) in [4.78, 5) is 17.7. The molecule has 124 valence electrons. The lowest BCUT2D eigenvalue weighted by molar-refractivity contribution is -0.0788. The molecule has 0 aliphatic rings. The molecule has 0 unspecified atom stereocenters. The second-order valence-electron chi connectivity index (χ2n) is 4.40. The molecule has 1 aromatic heterocycles. The number of carbonyl (C=O) groups is 1. The van der Waals surface area contributed by atoms with Crippen molar-refractivity contribution in [3.63, 3.8) is 0 Å². The summed E-state index contributed by atoms with van der Waals surface area (Å²) >= 11 is 0. The molecule has 0 aliphatic heterocycles. The quantitative estimate of drug-likeness (QED) is 0.267. The maximum Gasteiger partial charge on any atom is 0.427 e. The number of ether oxygens (including phenoxy) is 1. The first-order valence-electron chi connectivity index (χ1n) is 6.58. The maximum atomic E-state index is 11.1. The summed E-state index contributed by atoms with van der Waals surface area (Å²) in [6.45, 7) is 2.73. The number of hydrazone groups is 1. The Bertz CT molecular complexity index is 517. The van der Waals surface area contributed by atoms with Gasteiger partial charge in [-0.1, -0.05) is 0 Å². The highest BCUT2D eigenvalue weighted by Crippen LogP contribution is 2.17. The van der Waals surface area contributed by atoms with Crippen LogP contribution in [-0.2, 0) is 4.74 Å². The zero-order chi connectivity index (χ0) is 16.7. The average Bonchev–Trinajstić information content (AvgIpc) is 3.00. The molecule has 1 heterocycles. The number of amides is 1. The van der Waals surface area contributed by atoms with E-state index < -0.39 is 31.0 Å². The second kappa shape index (κ2) is 8.44. The van der Waals surface area contributed by atoms with E-state index >= 15 is 0 Å². The van der Waals surface area contributed by atoms with E-state index in [2.05, 4.69) is 25.2 Å². The summed E-state index contributed by atoms with van der Waals surface area (Å²) in [6, 6.07) is 0. The number of aromatic amines is 1. The van der Waals surface area contributed by atoms with Crippen LogP contribution in [0.5, 0.6) is 0 Å². The fourth-order valence-corrected chi connectivity index (χ4v) is 1.52. The normalized spacial score (nSPS) is 16.0. The molecule has 1 aromatic rings. The van der Waals surface area contributed by atoms with E-state index in [1.807, 2.05) is 0 Å². The van der Waals surface area contributed by atoms with Crippen LogP contribution in [0.1, 0.15) is 31.5 Å². The van der Waals surface area contributed by atoms with Gasteiger partial charge in [0.05, 0.1) is 25.1 Å². The minimum atomic E-state index is -1.58. The number of imidazole rings is 1. The molecule has 10 heteroatoms. The number of nitrogens with one attached hydrogen (secondary N) is 2. The number of hydrogen-bond acceptors (Lipinski definition) is 8. The van der Waals surface area contributed by atoms with Crippen LogP contribution in [0.3, 0.4) is 0 Å². The van der Waals surface area contributed by atoms with Crippen LogP contribution < -0.4 is 5.43 Å². The number of nitrogens with zero attached hydrogens (tertiary/aromatic N) is 2. The fraction of sp³-hybridized carbons (Fsp3) is 0.583. The first-order chi connectivity index (χ1) is 10.4. The first kappa shape index (κ1) is 18.0. The SMILES string of the molecule is CCOC(=O)N/N=C(\C)c1ncc([C@@H](O)[C@H](O)[C@H](O)CO)[nH]1. The van der Waals surface area contributed by atoms with Crippen LogP contribution in [0, 0.1) is 0 Å². The van der Waals surface area contributed by atoms with Gasteiger partial charge in [0.15, 0.2) is 5.82 Å². The molecule has 1 amide bonds. The van der Waals surface area contributed by atoms with Gasteiger partial charge in [0.2, 0.25) is 0 Å². The molecular formula is C12H20N4O6. The van der Waals surface area contributed by atoms with Crippen molar-refractivity contribution in [3.8, 4) is 0 Å². The van der Waals surface area contributed by atoms with Crippen molar-refractivity contribution in [2.24, 2.45) is 5.10 Å². The van der Waals surface area contributed by atoms with E-state index in [9.17, 15) is 20.1 Å². The maximum absolute atomic E-state index is 11.1. The summed E-state index contributed by atoms with van der Waals surface area (Å²) in [7, 11) is 0. The molecule has 0 saturated heterocycles. The Kier molecular flexibility index (Phi) is 6.92. The van der Waals surface area contributed by atoms with Gasteiger partial charge in [0, 0.05) is 0 Å². The van der Waals surface area contributed by atoms with E-state index in [-0.39, 0.29) is 18.1 Å². The summed E-state index contributed by atoms with van der Waals surface area (Å²) in [6.07, 6.45) is -3.99. The Hall–Kier alpha value is -2.01. The summed E-state index contributed by atoms with van der Waals surface area (Å²) < 4.78 is 4.63. The molecule has 0 radical (unpaired) electrons. The standard InChI is InChI=1S/C12H20N4O6/c1-3-22-12(21)16-15-6(2)11-13-4-7(14-11)9(19)10(20)8(18)5-17/h4,8-10,17-20H,3,5H2,1-2H3,(H,13,14)(H,16,21)/b15-6+/t8-,9-,10-/m1/s1. The van der Waals surface area contributed by atoms with Crippen molar-refractivity contribution < 1.29 is 30.0 Å². The number of aliphatic hydroxyl groups is 4. The van der Waals surface area contributed by atoms with E-state index in [1.54, 1.807) is 13.8 Å². The average molecular weight is 316 g/mol. The molecule has 22 heavy (non-hydrogen) atoms. The van der Waals surface area contributed by atoms with Gasteiger partial charge in [-0.05, 0) is 13.8 Å². The van der Waals surface area contributed by atoms with Crippen molar-refractivity contribution in [1.82, 2.24) is 15.4 Å². The Morgan fingerprint density at radius 3 is 2.77 bits per heavy atom. The zero-order valence-electron chi connectivity index (χ0n) is 12.2. The number of aromatic nitrogens is 2. The van der Waals surface area contributed by atoms with Crippen LogP contribution in [-0.4, -0.2) is 67.6 Å². The van der Waals surface area contributed by atoms with Crippen LogP contribution in [0.25, 0.3) is 0 Å². The molecule has 0 aromatic carbocycles. The van der Waals surface area contributed by atoms with Crippen LogP contribution in [0.2, 0.25) is 0 Å². The van der Waals surface area contributed by atoms with E-state index in [0.29, 0.717) is 5.71 Å². The predicted octanol–water partition coefficient (Wildman–Crippen LogP) is -1.37. The number of aliphatic hydroxyl groups excluding tert-OH is 4. The molecule has 10 nitrogen and oxygen atoms in total. The van der Waals surface area contributed by atoms with E-state index in [0.717, 1.165) is 0 Å². The highest BCUT2D eigenvalue weighted by Gasteiger charge is 2.27. The molecule has 6 N–H and O–H groups in total. The third-order valence-corrected chi connectivity index (χ3v) is 2.75. The van der Waals surface area contributed by atoms with Crippen LogP contribution >= 0.6 is 0 Å². The topological polar surface area (TPSA) is 160 Å². The van der Waals surface area contributed by atoms with Gasteiger partial charge in [-0.15, -0.1) is 0 Å². The monoisotopic (exact) mass is 316 g/mol. The lowest BCUT2D eigenvalue weighted by Crippen LogP contribution is -2.34. The van der Waals surface area contributed by atoms with Crippen LogP contribution in [0.15, 0.2) is 11.3 Å². The Balaban J connectivity index is 2.74. The fourth-order valence-electron chi connectivity index (χ4n) is 1.52. The van der Waals surface area contributed by atoms with Gasteiger partial charge < -0.3 is 30.1 Å². The van der Waals surface area contributed by atoms with Crippen molar-refractivity contribution in [3.05, 3.63) is 17.7 Å². The number of carbonyl (C=O) groups excluding carboxylic acids is 1. The van der Waals surface area contributed by atoms with Gasteiger partial charge in [-0.3, -0.25) is 0 Å². The predicted molar refractivity (Wildman–Crippen MR) is 75.0 cm³/mol. The Morgan fingerprint density at radius 1 is 1.50 bits per heavy atom. The van der Waals surface area contributed by atoms with Gasteiger partial charge in [-0.2, -0.15) is 5.10 Å². The molecule has 0 aliphatic carbocycles. The number of rotatable bonds is 7. The second-order valence-corrected chi connectivity index (χ2v) is 4.40. The van der Waals surface area contributed by atoms with E-state index in [4.69, 9.17) is 5.11 Å². The molecular weight excluding hydrogens is 296 g/mol. The first-order valence-corrected chi connectivity index (χ1v) is 6.58. The molecule has 0 saturated carbocycles. The zero-order valence-corrected chi connectivity index (χ0v) is 12.2. The van der Waals surface area contributed by atoms with Crippen molar-refractivity contribution in [2.75, 3.05) is 13.2 Å².